The highest BCUT2D eigenvalue weighted by atomic mass is 16.6. The summed E-state index contributed by atoms with van der Waals surface area (Å²) in [6.45, 7) is 4.96. The molecule has 0 fully saturated rings. The number of nitrogens with zero attached hydrogens (tertiary/aromatic N) is 1. The molecule has 0 atom stereocenters. The molecule has 0 saturated heterocycles. The van der Waals surface area contributed by atoms with Gasteiger partial charge in [0.2, 0.25) is 0 Å². The molecule has 2 amide bonds. The van der Waals surface area contributed by atoms with Crippen LogP contribution >= 0.6 is 0 Å². The molecule has 1 N–H and O–H groups in total. The molecule has 0 heterocycles. The molecule has 0 aliphatic carbocycles. The van der Waals surface area contributed by atoms with Crippen LogP contribution in [0.3, 0.4) is 0 Å². The van der Waals surface area contributed by atoms with Gasteiger partial charge < -0.3 is 24.4 Å². The van der Waals surface area contributed by atoms with Crippen molar-refractivity contribution in [2.24, 2.45) is 0 Å². The molecule has 2 rings (SSSR count). The van der Waals surface area contributed by atoms with Gasteiger partial charge in [0.25, 0.3) is 5.91 Å². The normalized spacial score (nSPS) is 10.7. The standard InChI is InChI=1S/C22H26N2O6/c1-22(2,3)30-21(27)24(4)14-19(25)29-16-12-10-15(11-13-16)23-20(26)17-8-6-7-9-18(17)28-5/h6-13H,14H2,1-5H3,(H,23,26). The number of carbonyl (C=O) groups excluding carboxylic acids is 3. The molecule has 0 aliphatic rings. The molecular formula is C22H26N2O6. The summed E-state index contributed by atoms with van der Waals surface area (Å²) >= 11 is 0. The van der Waals surface area contributed by atoms with E-state index in [1.165, 1.54) is 14.2 Å². The second-order valence-electron chi connectivity index (χ2n) is 7.49. The molecule has 2 aromatic carbocycles. The predicted octanol–water partition coefficient (Wildman–Crippen LogP) is 3.72. The zero-order valence-electron chi connectivity index (χ0n) is 17.7. The molecule has 8 heteroatoms. The van der Waals surface area contributed by atoms with Crippen LogP contribution in [-0.2, 0) is 9.53 Å². The van der Waals surface area contributed by atoms with Crippen LogP contribution in [0.25, 0.3) is 0 Å². The number of methoxy groups -OCH3 is 1. The van der Waals surface area contributed by atoms with Crippen LogP contribution in [0.4, 0.5) is 10.5 Å². The molecule has 2 aromatic rings. The van der Waals surface area contributed by atoms with Crippen LogP contribution in [0.15, 0.2) is 48.5 Å². The van der Waals surface area contributed by atoms with Crippen molar-refractivity contribution in [2.75, 3.05) is 26.0 Å². The van der Waals surface area contributed by atoms with Crippen LogP contribution < -0.4 is 14.8 Å². The summed E-state index contributed by atoms with van der Waals surface area (Å²) in [5.41, 5.74) is 0.275. The topological polar surface area (TPSA) is 94.2 Å². The largest absolute Gasteiger partial charge is 0.496 e. The highest BCUT2D eigenvalue weighted by Crippen LogP contribution is 2.21. The number of nitrogens with one attached hydrogen (secondary N) is 1. The number of hydrogen-bond acceptors (Lipinski definition) is 6. The lowest BCUT2D eigenvalue weighted by Gasteiger charge is -2.24. The molecule has 160 valence electrons. The quantitative estimate of drug-likeness (QED) is 0.572. The van der Waals surface area contributed by atoms with Gasteiger partial charge in [-0.15, -0.1) is 0 Å². The van der Waals surface area contributed by atoms with E-state index in [9.17, 15) is 14.4 Å². The highest BCUT2D eigenvalue weighted by molar-refractivity contribution is 6.06. The summed E-state index contributed by atoms with van der Waals surface area (Å²) in [6, 6.07) is 13.2. The third-order valence-electron chi connectivity index (χ3n) is 3.77. The Balaban J connectivity index is 1.92. The van der Waals surface area contributed by atoms with Gasteiger partial charge in [0.15, 0.2) is 0 Å². The molecule has 30 heavy (non-hydrogen) atoms. The first kappa shape index (κ1) is 22.7. The van der Waals surface area contributed by atoms with Crippen LogP contribution in [-0.4, -0.2) is 49.2 Å². The number of rotatable bonds is 6. The lowest BCUT2D eigenvalue weighted by molar-refractivity contribution is -0.135. The second-order valence-corrected chi connectivity index (χ2v) is 7.49. The molecule has 0 aliphatic heterocycles. The van der Waals surface area contributed by atoms with Crippen molar-refractivity contribution < 1.29 is 28.6 Å². The van der Waals surface area contributed by atoms with Gasteiger partial charge in [-0.1, -0.05) is 12.1 Å². The zero-order chi connectivity index (χ0) is 22.3. The minimum Gasteiger partial charge on any atom is -0.496 e. The van der Waals surface area contributed by atoms with Gasteiger partial charge in [-0.3, -0.25) is 4.79 Å². The molecule has 0 unspecified atom stereocenters. The first-order valence-electron chi connectivity index (χ1n) is 9.28. The SMILES string of the molecule is COc1ccccc1C(=O)Nc1ccc(OC(=O)CN(C)C(=O)OC(C)(C)C)cc1. The summed E-state index contributed by atoms with van der Waals surface area (Å²) in [5.74, 6) is -0.187. The van der Waals surface area contributed by atoms with Crippen LogP contribution in [0.5, 0.6) is 11.5 Å². The van der Waals surface area contributed by atoms with Gasteiger partial charge >= 0.3 is 12.1 Å². The number of ether oxygens (including phenoxy) is 3. The Morgan fingerprint density at radius 2 is 1.63 bits per heavy atom. The van der Waals surface area contributed by atoms with Gasteiger partial charge in [0.05, 0.1) is 12.7 Å². The number of hydrogen-bond donors (Lipinski definition) is 1. The Morgan fingerprint density at radius 3 is 2.23 bits per heavy atom. The number of esters is 1. The van der Waals surface area contributed by atoms with E-state index in [1.807, 2.05) is 0 Å². The van der Waals surface area contributed by atoms with E-state index in [4.69, 9.17) is 14.2 Å². The maximum absolute atomic E-state index is 12.4. The van der Waals surface area contributed by atoms with E-state index in [0.29, 0.717) is 17.0 Å². The molecule has 8 nitrogen and oxygen atoms in total. The van der Waals surface area contributed by atoms with Gasteiger partial charge in [0, 0.05) is 12.7 Å². The average Bonchev–Trinajstić information content (AvgIpc) is 2.68. The van der Waals surface area contributed by atoms with E-state index in [-0.39, 0.29) is 18.2 Å². The average molecular weight is 414 g/mol. The molecule has 0 aromatic heterocycles. The fourth-order valence-electron chi connectivity index (χ4n) is 2.40. The van der Waals surface area contributed by atoms with Crippen molar-refractivity contribution >= 4 is 23.7 Å². The number of amides is 2. The fraction of sp³-hybridized carbons (Fsp3) is 0.318. The fourth-order valence-corrected chi connectivity index (χ4v) is 2.40. The molecular weight excluding hydrogens is 388 g/mol. The lowest BCUT2D eigenvalue weighted by atomic mass is 10.2. The Labute approximate surface area is 175 Å². The number of benzene rings is 2. The first-order valence-corrected chi connectivity index (χ1v) is 9.28. The minimum atomic E-state index is -0.653. The maximum Gasteiger partial charge on any atom is 0.410 e. The van der Waals surface area contributed by atoms with Gasteiger partial charge in [-0.2, -0.15) is 0 Å². The summed E-state index contributed by atoms with van der Waals surface area (Å²) in [5, 5.41) is 2.75. The van der Waals surface area contributed by atoms with Gasteiger partial charge in [0.1, 0.15) is 23.6 Å². The summed E-state index contributed by atoms with van der Waals surface area (Å²) in [4.78, 5) is 37.5. The van der Waals surface area contributed by atoms with Crippen molar-refractivity contribution in [3.05, 3.63) is 54.1 Å². The third-order valence-corrected chi connectivity index (χ3v) is 3.77. The third kappa shape index (κ3) is 6.80. The smallest absolute Gasteiger partial charge is 0.410 e. The van der Waals surface area contributed by atoms with Crippen molar-refractivity contribution in [1.29, 1.82) is 0 Å². The highest BCUT2D eigenvalue weighted by Gasteiger charge is 2.21. The Hall–Kier alpha value is -3.55. The van der Waals surface area contributed by atoms with E-state index in [1.54, 1.807) is 69.3 Å². The minimum absolute atomic E-state index is 0.263. The van der Waals surface area contributed by atoms with Crippen LogP contribution in [0, 0.1) is 0 Å². The molecule has 0 saturated carbocycles. The summed E-state index contributed by atoms with van der Waals surface area (Å²) in [6.07, 6.45) is -0.617. The van der Waals surface area contributed by atoms with E-state index < -0.39 is 17.7 Å². The van der Waals surface area contributed by atoms with Crippen molar-refractivity contribution in [3.63, 3.8) is 0 Å². The van der Waals surface area contributed by atoms with Crippen LogP contribution in [0.2, 0.25) is 0 Å². The number of likely N-dealkylation sites (N-methyl/N-ethyl adjacent to an activating group) is 1. The van der Waals surface area contributed by atoms with Crippen LogP contribution in [0.1, 0.15) is 31.1 Å². The predicted molar refractivity (Wildman–Crippen MR) is 112 cm³/mol. The lowest BCUT2D eigenvalue weighted by Crippen LogP contribution is -2.38. The Bertz CT molecular complexity index is 903. The zero-order valence-corrected chi connectivity index (χ0v) is 17.7. The first-order chi connectivity index (χ1) is 14.1. The van der Waals surface area contributed by atoms with Crippen molar-refractivity contribution in [2.45, 2.75) is 26.4 Å². The number of carbonyl (C=O) groups is 3. The Kier molecular flexibility index (Phi) is 7.41. The Morgan fingerprint density at radius 1 is 1.00 bits per heavy atom. The summed E-state index contributed by atoms with van der Waals surface area (Å²) in [7, 11) is 2.95. The molecule has 0 bridgehead atoms. The summed E-state index contributed by atoms with van der Waals surface area (Å²) < 4.78 is 15.6. The van der Waals surface area contributed by atoms with Gasteiger partial charge in [-0.05, 0) is 57.2 Å². The van der Waals surface area contributed by atoms with Crippen molar-refractivity contribution in [3.8, 4) is 11.5 Å². The molecule has 0 spiro atoms. The van der Waals surface area contributed by atoms with E-state index in [0.717, 1.165) is 4.90 Å². The van der Waals surface area contributed by atoms with E-state index >= 15 is 0 Å². The second kappa shape index (κ2) is 9.78. The molecule has 0 radical (unpaired) electrons. The monoisotopic (exact) mass is 414 g/mol. The number of anilines is 1. The van der Waals surface area contributed by atoms with E-state index in [2.05, 4.69) is 5.32 Å². The maximum atomic E-state index is 12.4. The van der Waals surface area contributed by atoms with Gasteiger partial charge in [-0.25, -0.2) is 9.59 Å². The number of para-hydroxylation sites is 1. The van der Waals surface area contributed by atoms with Crippen molar-refractivity contribution in [1.82, 2.24) is 4.90 Å².